The van der Waals surface area contributed by atoms with Crippen LogP contribution >= 0.6 is 0 Å². The van der Waals surface area contributed by atoms with Crippen LogP contribution in [0.25, 0.3) is 10.8 Å². The van der Waals surface area contributed by atoms with Gasteiger partial charge in [0.2, 0.25) is 0 Å². The monoisotopic (exact) mass is 544 g/mol. The predicted molar refractivity (Wildman–Crippen MR) is 133 cm³/mol. The average Bonchev–Trinajstić information content (AvgIpc) is 2.79. The number of benzene rings is 3. The topological polar surface area (TPSA) is 130 Å². The maximum Gasteiger partial charge on any atom is 0.279 e. The first-order chi connectivity index (χ1) is 16.9. The molecule has 0 saturated carbocycles. The summed E-state index contributed by atoms with van der Waals surface area (Å²) in [5, 5.41) is 3.91. The van der Waals surface area contributed by atoms with Gasteiger partial charge in [0.1, 0.15) is 6.54 Å². The van der Waals surface area contributed by atoms with Gasteiger partial charge in [0.05, 0.1) is 26.0 Å². The lowest BCUT2D eigenvalue weighted by atomic mass is 9.94. The van der Waals surface area contributed by atoms with Gasteiger partial charge >= 0.3 is 0 Å². The summed E-state index contributed by atoms with van der Waals surface area (Å²) in [6.45, 7) is -0.538. The molecule has 0 aliphatic carbocycles. The van der Waals surface area contributed by atoms with E-state index in [0.717, 1.165) is 10.3 Å². The number of nitrogens with zero attached hydrogens (tertiary/aromatic N) is 2. The third-order valence-corrected chi connectivity index (χ3v) is 6.86. The Hall–Kier alpha value is -3.80. The number of rotatable bonds is 7. The SMILES string of the molecule is C[N+](C)(C)CC(=O)Nc1ccc(S(=O)(=O)NC(=O)CN2C(=O)c3cccc4cccc(c34)C2=O)cc1.[Cl-]. The fourth-order valence-electron chi connectivity index (χ4n) is 3.96. The molecule has 0 spiro atoms. The Kier molecular flexibility index (Phi) is 7.72. The molecule has 0 saturated heterocycles. The number of halogens is 1. The fraction of sp³-hybridized carbons (Fsp3) is 0.200. The Balaban J connectivity index is 0.00000380. The van der Waals surface area contributed by atoms with Crippen LogP contribution in [0.3, 0.4) is 0 Å². The van der Waals surface area contributed by atoms with E-state index in [2.05, 4.69) is 5.32 Å². The first-order valence-electron chi connectivity index (χ1n) is 11.0. The Labute approximate surface area is 220 Å². The minimum Gasteiger partial charge on any atom is -1.00 e. The lowest BCUT2D eigenvalue weighted by Crippen LogP contribution is -3.00. The van der Waals surface area contributed by atoms with Crippen molar-refractivity contribution in [3.05, 3.63) is 71.8 Å². The molecule has 0 unspecified atom stereocenters. The maximum absolute atomic E-state index is 12.9. The second-order valence-corrected chi connectivity index (χ2v) is 11.1. The van der Waals surface area contributed by atoms with Crippen molar-refractivity contribution in [1.82, 2.24) is 9.62 Å². The Morgan fingerprint density at radius 1 is 0.838 bits per heavy atom. The van der Waals surface area contributed by atoms with Gasteiger partial charge in [-0.15, -0.1) is 0 Å². The first-order valence-corrected chi connectivity index (χ1v) is 12.5. The van der Waals surface area contributed by atoms with Crippen molar-refractivity contribution < 1.29 is 44.5 Å². The second-order valence-electron chi connectivity index (χ2n) is 9.46. The molecule has 10 nitrogen and oxygen atoms in total. The molecule has 1 aliphatic heterocycles. The van der Waals surface area contributed by atoms with Crippen molar-refractivity contribution in [2.24, 2.45) is 0 Å². The highest BCUT2D eigenvalue weighted by molar-refractivity contribution is 7.90. The molecule has 0 fully saturated rings. The summed E-state index contributed by atoms with van der Waals surface area (Å²) in [5.74, 6) is -2.63. The number of likely N-dealkylation sites (N-methyl/N-ethyl adjacent to an activating group) is 1. The van der Waals surface area contributed by atoms with Gasteiger partial charge in [0.15, 0.2) is 6.54 Å². The molecular weight excluding hydrogens is 520 g/mol. The molecule has 4 amide bonds. The smallest absolute Gasteiger partial charge is 0.279 e. The van der Waals surface area contributed by atoms with E-state index in [1.165, 1.54) is 24.3 Å². The Morgan fingerprint density at radius 2 is 1.38 bits per heavy atom. The number of amides is 4. The minimum atomic E-state index is -4.28. The summed E-state index contributed by atoms with van der Waals surface area (Å²) < 4.78 is 27.7. The average molecular weight is 545 g/mol. The van der Waals surface area contributed by atoms with Gasteiger partial charge in [0.25, 0.3) is 33.7 Å². The zero-order valence-electron chi connectivity index (χ0n) is 20.3. The van der Waals surface area contributed by atoms with Crippen molar-refractivity contribution in [1.29, 1.82) is 0 Å². The predicted octanol–water partition coefficient (Wildman–Crippen LogP) is -1.41. The molecule has 0 atom stereocenters. The number of hydrogen-bond acceptors (Lipinski definition) is 6. The van der Waals surface area contributed by atoms with E-state index < -0.39 is 34.3 Å². The number of hydrogen-bond donors (Lipinski definition) is 2. The molecular formula is C25H25ClN4O6S. The molecule has 0 radical (unpaired) electrons. The largest absolute Gasteiger partial charge is 1.00 e. The van der Waals surface area contributed by atoms with Gasteiger partial charge in [-0.3, -0.25) is 24.1 Å². The van der Waals surface area contributed by atoms with Crippen molar-refractivity contribution >= 4 is 50.1 Å². The molecule has 194 valence electrons. The van der Waals surface area contributed by atoms with E-state index in [4.69, 9.17) is 0 Å². The molecule has 12 heteroatoms. The van der Waals surface area contributed by atoms with E-state index >= 15 is 0 Å². The summed E-state index contributed by atoms with van der Waals surface area (Å²) in [4.78, 5) is 51.1. The van der Waals surface area contributed by atoms with Gasteiger partial charge in [0, 0.05) is 22.2 Å². The Morgan fingerprint density at radius 3 is 1.89 bits per heavy atom. The molecule has 37 heavy (non-hydrogen) atoms. The van der Waals surface area contributed by atoms with Crippen LogP contribution in [0.1, 0.15) is 20.7 Å². The summed E-state index contributed by atoms with van der Waals surface area (Å²) in [5.41, 5.74) is 0.929. The molecule has 3 aromatic rings. The molecule has 1 aliphatic rings. The zero-order valence-corrected chi connectivity index (χ0v) is 21.9. The van der Waals surface area contributed by atoms with Crippen LogP contribution in [0.5, 0.6) is 0 Å². The van der Waals surface area contributed by atoms with Crippen LogP contribution in [0, 0.1) is 0 Å². The highest BCUT2D eigenvalue weighted by Crippen LogP contribution is 2.29. The van der Waals surface area contributed by atoms with Gasteiger partial charge in [-0.05, 0) is 41.8 Å². The van der Waals surface area contributed by atoms with Gasteiger partial charge in [-0.2, -0.15) is 0 Å². The second kappa shape index (κ2) is 10.3. The van der Waals surface area contributed by atoms with Crippen LogP contribution in [-0.2, 0) is 19.6 Å². The summed E-state index contributed by atoms with van der Waals surface area (Å²) in [6, 6.07) is 15.3. The summed E-state index contributed by atoms with van der Waals surface area (Å²) >= 11 is 0. The van der Waals surface area contributed by atoms with E-state index in [-0.39, 0.29) is 40.9 Å². The van der Waals surface area contributed by atoms with Crippen molar-refractivity contribution in [3.8, 4) is 0 Å². The molecule has 1 heterocycles. The Bertz CT molecular complexity index is 1460. The standard InChI is InChI=1S/C25H24N4O6S.ClH/c1-29(2,3)15-22(31)26-17-10-12-18(13-11-17)36(34,35)27-21(30)14-28-24(32)19-8-4-6-16-7-5-9-20(23(16)19)25(28)33;/h4-13H,14-15H2,1-3H3,(H-,26,27,30,31);1H. The number of quaternary nitrogens is 1. The van der Waals surface area contributed by atoms with Gasteiger partial charge in [-0.25, -0.2) is 13.1 Å². The number of nitrogens with one attached hydrogen (secondary N) is 2. The quantitative estimate of drug-likeness (QED) is 0.278. The van der Waals surface area contributed by atoms with Crippen LogP contribution < -0.4 is 22.4 Å². The van der Waals surface area contributed by atoms with E-state index in [9.17, 15) is 27.6 Å². The number of sulfonamides is 1. The minimum absolute atomic E-state index is 0. The van der Waals surface area contributed by atoms with Crippen LogP contribution in [0.15, 0.2) is 65.6 Å². The van der Waals surface area contributed by atoms with Crippen LogP contribution in [-0.4, -0.2) is 75.7 Å². The van der Waals surface area contributed by atoms with Crippen molar-refractivity contribution in [2.75, 3.05) is 39.5 Å². The molecule has 3 aromatic carbocycles. The summed E-state index contributed by atoms with van der Waals surface area (Å²) in [6.07, 6.45) is 0. The normalized spacial score (nSPS) is 13.2. The van der Waals surface area contributed by atoms with Crippen LogP contribution in [0.2, 0.25) is 0 Å². The van der Waals surface area contributed by atoms with Crippen molar-refractivity contribution in [2.45, 2.75) is 4.90 Å². The molecule has 2 N–H and O–H groups in total. The lowest BCUT2D eigenvalue weighted by molar-refractivity contribution is -0.861. The highest BCUT2D eigenvalue weighted by atomic mass is 35.5. The first kappa shape index (κ1) is 27.8. The highest BCUT2D eigenvalue weighted by Gasteiger charge is 2.34. The molecule has 0 bridgehead atoms. The number of carbonyl (C=O) groups excluding carboxylic acids is 4. The van der Waals surface area contributed by atoms with E-state index in [1.54, 1.807) is 36.4 Å². The number of carbonyl (C=O) groups is 4. The molecule has 0 aromatic heterocycles. The number of imide groups is 1. The van der Waals surface area contributed by atoms with E-state index in [1.807, 2.05) is 25.9 Å². The summed E-state index contributed by atoms with van der Waals surface area (Å²) in [7, 11) is 1.30. The fourth-order valence-corrected chi connectivity index (χ4v) is 4.93. The maximum atomic E-state index is 12.9. The lowest BCUT2D eigenvalue weighted by Gasteiger charge is -2.26. The van der Waals surface area contributed by atoms with Gasteiger partial charge < -0.3 is 22.2 Å². The third-order valence-electron chi connectivity index (χ3n) is 5.47. The number of anilines is 1. The van der Waals surface area contributed by atoms with Crippen LogP contribution in [0.4, 0.5) is 5.69 Å². The van der Waals surface area contributed by atoms with E-state index in [0.29, 0.717) is 15.6 Å². The van der Waals surface area contributed by atoms with Gasteiger partial charge in [-0.1, -0.05) is 24.3 Å². The van der Waals surface area contributed by atoms with Crippen molar-refractivity contribution in [3.63, 3.8) is 0 Å². The third kappa shape index (κ3) is 5.96. The molecule has 4 rings (SSSR count). The zero-order chi connectivity index (χ0) is 26.3.